The second kappa shape index (κ2) is 7.82. The van der Waals surface area contributed by atoms with E-state index in [0.717, 1.165) is 11.3 Å². The highest BCUT2D eigenvalue weighted by atomic mass is 16.5. The molecule has 5 nitrogen and oxygen atoms in total. The molecule has 1 aromatic carbocycles. The third-order valence-corrected chi connectivity index (χ3v) is 4.67. The van der Waals surface area contributed by atoms with Gasteiger partial charge in [0.25, 0.3) is 0 Å². The number of carbonyl (C=O) groups is 1. The largest absolute Gasteiger partial charge is 0.507 e. The van der Waals surface area contributed by atoms with E-state index >= 15 is 0 Å². The maximum Gasteiger partial charge on any atom is 0.340 e. The summed E-state index contributed by atoms with van der Waals surface area (Å²) in [6.07, 6.45) is 1.64. The summed E-state index contributed by atoms with van der Waals surface area (Å²) in [6, 6.07) is 7.51. The van der Waals surface area contributed by atoms with E-state index in [1.807, 2.05) is 31.2 Å². The van der Waals surface area contributed by atoms with Crippen molar-refractivity contribution in [2.24, 2.45) is 5.10 Å². The molecule has 0 spiro atoms. The molecule has 0 radical (unpaired) electrons. The molecule has 2 aromatic rings. The Morgan fingerprint density at radius 3 is 2.36 bits per heavy atom. The molecule has 2 rings (SSSR count). The number of aromatic nitrogens is 1. The van der Waals surface area contributed by atoms with Gasteiger partial charge >= 0.3 is 5.97 Å². The summed E-state index contributed by atoms with van der Waals surface area (Å²) >= 11 is 0. The van der Waals surface area contributed by atoms with Gasteiger partial charge in [0.1, 0.15) is 5.75 Å². The molecule has 1 N–H and O–H groups in total. The van der Waals surface area contributed by atoms with Crippen molar-refractivity contribution in [3.63, 3.8) is 0 Å². The fraction of sp³-hybridized carbons (Fsp3) is 0.478. The number of carbonyl (C=O) groups excluding carboxylic acids is 1. The molecule has 0 bridgehead atoms. The Kier molecular flexibility index (Phi) is 6.07. The number of ether oxygens (including phenoxy) is 1. The van der Waals surface area contributed by atoms with Crippen molar-refractivity contribution < 1.29 is 14.6 Å². The highest BCUT2D eigenvalue weighted by Gasteiger charge is 2.26. The molecule has 0 saturated heterocycles. The molecule has 0 aliphatic carbocycles. The SMILES string of the molecule is CCOC(=O)c1cc(C(C)(C)C)n(/N=C/c2cccc(C(C)(C)C)c2O)c1C. The van der Waals surface area contributed by atoms with Crippen molar-refractivity contribution in [3.8, 4) is 5.75 Å². The lowest BCUT2D eigenvalue weighted by molar-refractivity contribution is 0.0525. The normalized spacial score (nSPS) is 12.6. The maximum absolute atomic E-state index is 12.3. The van der Waals surface area contributed by atoms with Gasteiger partial charge in [-0.3, -0.25) is 0 Å². The van der Waals surface area contributed by atoms with E-state index in [1.165, 1.54) is 0 Å². The van der Waals surface area contributed by atoms with Gasteiger partial charge in [0.2, 0.25) is 0 Å². The predicted molar refractivity (Wildman–Crippen MR) is 114 cm³/mol. The number of phenols is 1. The second-order valence-corrected chi connectivity index (χ2v) is 9.05. The Morgan fingerprint density at radius 1 is 1.18 bits per heavy atom. The smallest absolute Gasteiger partial charge is 0.340 e. The Hall–Kier alpha value is -2.56. The van der Waals surface area contributed by atoms with E-state index in [4.69, 9.17) is 4.74 Å². The van der Waals surface area contributed by atoms with Gasteiger partial charge in [-0.2, -0.15) is 5.10 Å². The first-order valence-corrected chi connectivity index (χ1v) is 9.64. The average Bonchev–Trinajstić information content (AvgIpc) is 2.90. The third kappa shape index (κ3) is 4.46. The summed E-state index contributed by atoms with van der Waals surface area (Å²) in [5.41, 5.74) is 3.23. The minimum atomic E-state index is -0.350. The molecule has 5 heteroatoms. The number of rotatable bonds is 4. The van der Waals surface area contributed by atoms with Crippen molar-refractivity contribution in [2.75, 3.05) is 6.61 Å². The number of nitrogens with zero attached hydrogens (tertiary/aromatic N) is 2. The zero-order chi connectivity index (χ0) is 21.3. The van der Waals surface area contributed by atoms with Crippen LogP contribution < -0.4 is 0 Å². The van der Waals surface area contributed by atoms with Gasteiger partial charge in [-0.15, -0.1) is 0 Å². The van der Waals surface area contributed by atoms with E-state index in [0.29, 0.717) is 23.4 Å². The molecular weight excluding hydrogens is 352 g/mol. The van der Waals surface area contributed by atoms with Gasteiger partial charge < -0.3 is 9.84 Å². The highest BCUT2D eigenvalue weighted by Crippen LogP contribution is 2.33. The van der Waals surface area contributed by atoms with Gasteiger partial charge in [-0.25, -0.2) is 9.47 Å². The van der Waals surface area contributed by atoms with Crippen LogP contribution in [0.15, 0.2) is 29.4 Å². The molecule has 0 amide bonds. The van der Waals surface area contributed by atoms with Crippen LogP contribution in [0, 0.1) is 6.92 Å². The maximum atomic E-state index is 12.3. The lowest BCUT2D eigenvalue weighted by Crippen LogP contribution is -2.16. The van der Waals surface area contributed by atoms with E-state index in [9.17, 15) is 9.90 Å². The fourth-order valence-corrected chi connectivity index (χ4v) is 3.09. The number of benzene rings is 1. The Bertz CT molecular complexity index is 894. The van der Waals surface area contributed by atoms with E-state index in [-0.39, 0.29) is 22.5 Å². The number of hydrogen-bond donors (Lipinski definition) is 1. The second-order valence-electron chi connectivity index (χ2n) is 9.05. The van der Waals surface area contributed by atoms with Crippen molar-refractivity contribution in [1.82, 2.24) is 4.68 Å². The highest BCUT2D eigenvalue weighted by molar-refractivity contribution is 5.91. The van der Waals surface area contributed by atoms with Crippen LogP contribution >= 0.6 is 0 Å². The summed E-state index contributed by atoms with van der Waals surface area (Å²) in [5.74, 6) is -0.122. The van der Waals surface area contributed by atoms with Crippen LogP contribution in [0.1, 0.15) is 81.3 Å². The number of hydrogen-bond acceptors (Lipinski definition) is 4. The summed E-state index contributed by atoms with van der Waals surface area (Å²) in [6.45, 7) is 16.3. The van der Waals surface area contributed by atoms with Gasteiger partial charge in [0.15, 0.2) is 0 Å². The Labute approximate surface area is 168 Å². The molecule has 1 heterocycles. The average molecular weight is 385 g/mol. The molecule has 0 atom stereocenters. The Morgan fingerprint density at radius 2 is 1.82 bits per heavy atom. The topological polar surface area (TPSA) is 63.8 Å². The minimum Gasteiger partial charge on any atom is -0.507 e. The predicted octanol–water partition coefficient (Wildman–Crippen LogP) is 5.16. The van der Waals surface area contributed by atoms with Crippen LogP contribution in [0.25, 0.3) is 0 Å². The molecule has 0 fully saturated rings. The van der Waals surface area contributed by atoms with Crippen LogP contribution in [0.4, 0.5) is 0 Å². The van der Waals surface area contributed by atoms with Crippen LogP contribution in [0.3, 0.4) is 0 Å². The monoisotopic (exact) mass is 384 g/mol. The first-order valence-electron chi connectivity index (χ1n) is 9.64. The van der Waals surface area contributed by atoms with Crippen molar-refractivity contribution >= 4 is 12.2 Å². The summed E-state index contributed by atoms with van der Waals surface area (Å²) in [7, 11) is 0. The molecule has 28 heavy (non-hydrogen) atoms. The van der Waals surface area contributed by atoms with Crippen molar-refractivity contribution in [3.05, 3.63) is 52.3 Å². The van der Waals surface area contributed by atoms with Crippen molar-refractivity contribution in [2.45, 2.75) is 66.2 Å². The number of aromatic hydroxyl groups is 1. The summed E-state index contributed by atoms with van der Waals surface area (Å²) in [5, 5.41) is 15.3. The van der Waals surface area contributed by atoms with Crippen LogP contribution in [0.5, 0.6) is 5.75 Å². The molecule has 0 aliphatic rings. The van der Waals surface area contributed by atoms with Gasteiger partial charge in [-0.05, 0) is 37.0 Å². The Balaban J connectivity index is 2.56. The van der Waals surface area contributed by atoms with E-state index < -0.39 is 0 Å². The van der Waals surface area contributed by atoms with E-state index in [1.54, 1.807) is 17.8 Å². The zero-order valence-corrected chi connectivity index (χ0v) is 18.3. The quantitative estimate of drug-likeness (QED) is 0.585. The summed E-state index contributed by atoms with van der Waals surface area (Å²) < 4.78 is 6.94. The molecule has 1 aromatic heterocycles. The first-order chi connectivity index (χ1) is 12.9. The lowest BCUT2D eigenvalue weighted by atomic mass is 9.85. The molecule has 0 unspecified atom stereocenters. The molecule has 152 valence electrons. The van der Waals surface area contributed by atoms with Crippen molar-refractivity contribution in [1.29, 1.82) is 0 Å². The minimum absolute atomic E-state index is 0.176. The molecule has 0 saturated carbocycles. The number of esters is 1. The zero-order valence-electron chi connectivity index (χ0n) is 18.3. The number of para-hydroxylation sites is 1. The van der Waals surface area contributed by atoms with Gasteiger partial charge in [0, 0.05) is 16.7 Å². The molecule has 0 aliphatic heterocycles. The summed E-state index contributed by atoms with van der Waals surface area (Å²) in [4.78, 5) is 12.3. The lowest BCUT2D eigenvalue weighted by Gasteiger charge is -2.21. The van der Waals surface area contributed by atoms with E-state index in [2.05, 4.69) is 46.6 Å². The van der Waals surface area contributed by atoms with Crippen LogP contribution in [0.2, 0.25) is 0 Å². The van der Waals surface area contributed by atoms with Gasteiger partial charge in [0.05, 0.1) is 24.1 Å². The standard InChI is InChI=1S/C23H32N2O3/c1-9-28-21(27)17-13-19(23(6,7)8)25(15(17)2)24-14-16-11-10-12-18(20(16)26)22(3,4)5/h10-14,26H,9H2,1-8H3/b24-14+. The molecular formula is C23H32N2O3. The number of phenolic OH excluding ortho intramolecular Hbond substituents is 1. The third-order valence-electron chi connectivity index (χ3n) is 4.67. The first kappa shape index (κ1) is 21.7. The van der Waals surface area contributed by atoms with Crippen LogP contribution in [-0.2, 0) is 15.6 Å². The van der Waals surface area contributed by atoms with Crippen LogP contribution in [-0.4, -0.2) is 28.6 Å². The fourth-order valence-electron chi connectivity index (χ4n) is 3.09. The van der Waals surface area contributed by atoms with Gasteiger partial charge in [-0.1, -0.05) is 53.7 Å².